The molecule has 37 heavy (non-hydrogen) atoms. The Balaban J connectivity index is 1.21. The Hall–Kier alpha value is -3.85. The maximum absolute atomic E-state index is 14.9. The van der Waals surface area contributed by atoms with Gasteiger partial charge in [-0.15, -0.1) is 21.5 Å². The number of fused-ring (bicyclic) bond motifs is 1. The van der Waals surface area contributed by atoms with Gasteiger partial charge in [-0.2, -0.15) is 0 Å². The quantitative estimate of drug-likeness (QED) is 0.364. The first kappa shape index (κ1) is 23.5. The summed E-state index contributed by atoms with van der Waals surface area (Å²) in [5.74, 6) is 1.45. The van der Waals surface area contributed by atoms with E-state index in [1.165, 1.54) is 21.4 Å². The second kappa shape index (κ2) is 9.55. The molecule has 2 aliphatic rings. The number of hydrogen-bond acceptors (Lipinski definition) is 6. The number of aryl methyl sites for hydroxylation is 1. The fourth-order valence-corrected chi connectivity index (χ4v) is 6.00. The highest BCUT2D eigenvalue weighted by Gasteiger charge is 2.37. The number of rotatable bonds is 7. The average Bonchev–Trinajstić information content (AvgIpc) is 3.55. The Morgan fingerprint density at radius 1 is 1.22 bits per heavy atom. The van der Waals surface area contributed by atoms with Gasteiger partial charge < -0.3 is 10.1 Å². The lowest BCUT2D eigenvalue weighted by Gasteiger charge is -2.35. The molecule has 1 saturated carbocycles. The molecule has 1 N–H and O–H groups in total. The van der Waals surface area contributed by atoms with Crippen molar-refractivity contribution in [2.24, 2.45) is 0 Å². The van der Waals surface area contributed by atoms with Gasteiger partial charge in [-0.3, -0.25) is 9.36 Å². The van der Waals surface area contributed by atoms with Crippen molar-refractivity contribution in [2.45, 2.75) is 45.1 Å². The van der Waals surface area contributed by atoms with Crippen LogP contribution in [0.2, 0.25) is 0 Å². The number of hydrogen-bond donors (Lipinski definition) is 1. The van der Waals surface area contributed by atoms with Crippen LogP contribution < -0.4 is 10.1 Å². The third-order valence-electron chi connectivity index (χ3n) is 6.84. The number of para-hydroxylation sites is 1. The van der Waals surface area contributed by atoms with Gasteiger partial charge in [0.1, 0.15) is 23.1 Å². The maximum atomic E-state index is 14.9. The maximum Gasteiger partial charge on any atom is 0.247 e. The molecule has 2 aliphatic carbocycles. The standard InChI is InChI=1S/C28H26FN5O2S/c1-3-36-21-8-9-23(30-15-21)27-33-32-26(34(27)24-7-5-4-6-22(24)29)18-12-20(13-18)31-28(35)19-11-17-10-16(2)37-25(17)14-19/h4-10,14-15,18,20H,3,11-13H2,1-2H3,(H,31,35). The Kier molecular flexibility index (Phi) is 6.08. The van der Waals surface area contributed by atoms with E-state index in [2.05, 4.69) is 33.5 Å². The summed E-state index contributed by atoms with van der Waals surface area (Å²) in [5.41, 5.74) is 2.99. The molecular formula is C28H26FN5O2S. The Morgan fingerprint density at radius 3 is 2.78 bits per heavy atom. The molecule has 0 unspecified atom stereocenters. The van der Waals surface area contributed by atoms with E-state index in [-0.39, 0.29) is 23.7 Å². The molecule has 3 heterocycles. The zero-order chi connectivity index (χ0) is 25.5. The van der Waals surface area contributed by atoms with Crippen LogP contribution in [-0.2, 0) is 11.2 Å². The zero-order valence-corrected chi connectivity index (χ0v) is 21.4. The van der Waals surface area contributed by atoms with Crippen LogP contribution in [0.4, 0.5) is 4.39 Å². The molecule has 0 atom stereocenters. The third-order valence-corrected chi connectivity index (χ3v) is 7.88. The lowest BCUT2D eigenvalue weighted by atomic mass is 9.79. The normalized spacial score (nSPS) is 18.2. The summed E-state index contributed by atoms with van der Waals surface area (Å²) in [6.07, 6.45) is 5.74. The first-order valence-corrected chi connectivity index (χ1v) is 13.2. The summed E-state index contributed by atoms with van der Waals surface area (Å²) < 4.78 is 22.2. The molecule has 0 spiro atoms. The van der Waals surface area contributed by atoms with Crippen LogP contribution >= 0.6 is 11.3 Å². The molecule has 4 aromatic rings. The summed E-state index contributed by atoms with van der Waals surface area (Å²) in [6, 6.07) is 12.4. The van der Waals surface area contributed by atoms with Gasteiger partial charge in [0, 0.05) is 33.7 Å². The molecule has 1 fully saturated rings. The highest BCUT2D eigenvalue weighted by Crippen LogP contribution is 2.39. The van der Waals surface area contributed by atoms with Crippen LogP contribution in [0.1, 0.15) is 46.8 Å². The molecule has 9 heteroatoms. The lowest BCUT2D eigenvalue weighted by molar-refractivity contribution is -0.118. The number of ether oxygens (including phenoxy) is 1. The van der Waals surface area contributed by atoms with E-state index in [0.717, 1.165) is 5.57 Å². The van der Waals surface area contributed by atoms with Gasteiger partial charge in [0.05, 0.1) is 18.5 Å². The van der Waals surface area contributed by atoms with Crippen LogP contribution in [0.15, 0.2) is 54.2 Å². The fraction of sp³-hybridized carbons (Fsp3) is 0.286. The third kappa shape index (κ3) is 4.44. The van der Waals surface area contributed by atoms with E-state index < -0.39 is 0 Å². The fourth-order valence-electron chi connectivity index (χ4n) is 4.99. The van der Waals surface area contributed by atoms with Gasteiger partial charge >= 0.3 is 0 Å². The number of thiophene rings is 1. The van der Waals surface area contributed by atoms with Crippen LogP contribution in [0.25, 0.3) is 23.3 Å². The number of carbonyl (C=O) groups is 1. The minimum absolute atomic E-state index is 0.0145. The molecule has 0 radical (unpaired) electrons. The first-order valence-electron chi connectivity index (χ1n) is 12.4. The largest absolute Gasteiger partial charge is 0.492 e. The summed E-state index contributed by atoms with van der Waals surface area (Å²) in [7, 11) is 0. The smallest absolute Gasteiger partial charge is 0.247 e. The van der Waals surface area contributed by atoms with Crippen molar-refractivity contribution in [3.63, 3.8) is 0 Å². The van der Waals surface area contributed by atoms with Crippen LogP contribution in [0, 0.1) is 12.7 Å². The van der Waals surface area contributed by atoms with Gasteiger partial charge in [-0.25, -0.2) is 9.37 Å². The number of pyridine rings is 1. The topological polar surface area (TPSA) is 81.9 Å². The van der Waals surface area contributed by atoms with E-state index in [0.29, 0.717) is 54.6 Å². The number of aromatic nitrogens is 4. The lowest BCUT2D eigenvalue weighted by Crippen LogP contribution is -2.44. The van der Waals surface area contributed by atoms with Crippen LogP contribution in [0.3, 0.4) is 0 Å². The molecule has 6 rings (SSSR count). The van der Waals surface area contributed by atoms with Crippen molar-refractivity contribution in [3.05, 3.63) is 81.2 Å². The van der Waals surface area contributed by atoms with Gasteiger partial charge in [0.2, 0.25) is 5.91 Å². The van der Waals surface area contributed by atoms with Gasteiger partial charge in [-0.05, 0) is 68.7 Å². The molecule has 3 aromatic heterocycles. The Bertz CT molecular complexity index is 1500. The molecule has 0 saturated heterocycles. The van der Waals surface area contributed by atoms with E-state index in [9.17, 15) is 9.18 Å². The molecule has 7 nitrogen and oxygen atoms in total. The molecular weight excluding hydrogens is 489 g/mol. The SMILES string of the molecule is CCOc1ccc(-c2nnc(C3CC(NC(=O)C4=Cc5sc(C)cc5C4)C3)n2-c2ccccc2F)nc1. The first-order chi connectivity index (χ1) is 18.0. The minimum atomic E-state index is -0.365. The highest BCUT2D eigenvalue weighted by atomic mass is 32.1. The van der Waals surface area contributed by atoms with Crippen molar-refractivity contribution in [1.29, 1.82) is 0 Å². The predicted octanol–water partition coefficient (Wildman–Crippen LogP) is 5.24. The molecule has 1 amide bonds. The summed E-state index contributed by atoms with van der Waals surface area (Å²) in [6.45, 7) is 4.54. The van der Waals surface area contributed by atoms with Crippen molar-refractivity contribution < 1.29 is 13.9 Å². The Labute approximate surface area is 218 Å². The number of halogens is 1. The summed E-state index contributed by atoms with van der Waals surface area (Å²) in [4.78, 5) is 19.8. The Morgan fingerprint density at radius 2 is 2.05 bits per heavy atom. The minimum Gasteiger partial charge on any atom is -0.492 e. The van der Waals surface area contributed by atoms with E-state index in [4.69, 9.17) is 4.74 Å². The van der Waals surface area contributed by atoms with Crippen LogP contribution in [-0.4, -0.2) is 38.3 Å². The monoisotopic (exact) mass is 515 g/mol. The molecule has 0 aliphatic heterocycles. The second-order valence-electron chi connectivity index (χ2n) is 9.41. The predicted molar refractivity (Wildman–Crippen MR) is 140 cm³/mol. The highest BCUT2D eigenvalue weighted by molar-refractivity contribution is 7.13. The number of nitrogens with zero attached hydrogens (tertiary/aromatic N) is 4. The molecule has 0 bridgehead atoms. The summed E-state index contributed by atoms with van der Waals surface area (Å²) >= 11 is 1.72. The second-order valence-corrected chi connectivity index (χ2v) is 10.7. The summed E-state index contributed by atoms with van der Waals surface area (Å²) in [5, 5.41) is 12.0. The number of benzene rings is 1. The van der Waals surface area contributed by atoms with Crippen molar-refractivity contribution in [1.82, 2.24) is 25.1 Å². The van der Waals surface area contributed by atoms with Gasteiger partial charge in [0.15, 0.2) is 5.82 Å². The molecule has 188 valence electrons. The zero-order valence-electron chi connectivity index (χ0n) is 20.6. The van der Waals surface area contributed by atoms with Gasteiger partial charge in [-0.1, -0.05) is 12.1 Å². The average molecular weight is 516 g/mol. The van der Waals surface area contributed by atoms with E-state index in [1.54, 1.807) is 46.4 Å². The van der Waals surface area contributed by atoms with Crippen LogP contribution in [0.5, 0.6) is 5.75 Å². The molecule has 1 aromatic carbocycles. The van der Waals surface area contributed by atoms with Gasteiger partial charge in [0.25, 0.3) is 0 Å². The number of carbonyl (C=O) groups excluding carboxylic acids is 1. The van der Waals surface area contributed by atoms with Crippen molar-refractivity contribution in [3.8, 4) is 23.0 Å². The van der Waals surface area contributed by atoms with E-state index in [1.807, 2.05) is 19.1 Å². The van der Waals surface area contributed by atoms with Crippen molar-refractivity contribution in [2.75, 3.05) is 6.61 Å². The number of nitrogens with one attached hydrogen (secondary N) is 1. The van der Waals surface area contributed by atoms with Crippen molar-refractivity contribution >= 4 is 23.3 Å². The number of amides is 1. The van der Waals surface area contributed by atoms with E-state index >= 15 is 0 Å².